The summed E-state index contributed by atoms with van der Waals surface area (Å²) in [7, 11) is 0. The Kier molecular flexibility index (Phi) is 6.31. The van der Waals surface area contributed by atoms with E-state index in [1.807, 2.05) is 0 Å². The maximum Gasteiger partial charge on any atom is 0.287 e. The molecule has 4 N–H and O–H groups in total. The number of rotatable bonds is 6. The van der Waals surface area contributed by atoms with E-state index in [1.54, 1.807) is 30.3 Å². The Labute approximate surface area is 224 Å². The number of thiophene rings is 1. The molecule has 0 spiro atoms. The largest absolute Gasteiger partial charge is 0.482 e. The number of amides is 3. The number of H-pyrrole nitrogens is 1. The lowest BCUT2D eigenvalue weighted by Crippen LogP contribution is -2.29. The number of aromatic amines is 1. The first-order valence-corrected chi connectivity index (χ1v) is 13.1. The van der Waals surface area contributed by atoms with Crippen LogP contribution in [-0.2, 0) is 29.1 Å². The molecule has 198 valence electrons. The van der Waals surface area contributed by atoms with Crippen LogP contribution < -0.4 is 26.2 Å². The van der Waals surface area contributed by atoms with Crippen LogP contribution in [0.15, 0.2) is 47.3 Å². The number of benzene rings is 2. The van der Waals surface area contributed by atoms with Gasteiger partial charge in [-0.2, -0.15) is 0 Å². The number of ether oxygens (including phenoxy) is 1. The Balaban J connectivity index is 1.17. The van der Waals surface area contributed by atoms with Crippen molar-refractivity contribution in [3.8, 4) is 5.75 Å². The highest BCUT2D eigenvalue weighted by molar-refractivity contribution is 7.18. The molecule has 3 heterocycles. The van der Waals surface area contributed by atoms with Crippen molar-refractivity contribution in [2.24, 2.45) is 0 Å². The molecule has 2 aromatic heterocycles. The lowest BCUT2D eigenvalue weighted by molar-refractivity contribution is -0.122. The summed E-state index contributed by atoms with van der Waals surface area (Å²) in [5.74, 6) is -1.47. The standard InChI is InChI=1S/C27H22FN5O5S/c28-15-4-1-13(2-5-15)10-29-24(35)16-6-8-19-21(16)22-25(36)32-23(33-27(22)39-19)26(37)30-11-14-3-7-18-17(9-14)31-20(34)12-38-18/h1-5,7,9,16H,6,8,10-12H2,(H,29,35)(H,30,37)(H,31,34)(H,32,33,36). The van der Waals surface area contributed by atoms with Crippen LogP contribution in [0.1, 0.15) is 44.5 Å². The smallest absolute Gasteiger partial charge is 0.287 e. The van der Waals surface area contributed by atoms with Crippen molar-refractivity contribution >= 4 is 45.0 Å². The predicted octanol–water partition coefficient (Wildman–Crippen LogP) is 2.73. The molecule has 1 aliphatic heterocycles. The van der Waals surface area contributed by atoms with Crippen molar-refractivity contribution < 1.29 is 23.5 Å². The van der Waals surface area contributed by atoms with Crippen LogP contribution in [-0.4, -0.2) is 34.3 Å². The second-order valence-electron chi connectivity index (χ2n) is 9.32. The van der Waals surface area contributed by atoms with Crippen LogP contribution in [0.5, 0.6) is 5.75 Å². The van der Waals surface area contributed by atoms with Crippen molar-refractivity contribution in [2.75, 3.05) is 11.9 Å². The lowest BCUT2D eigenvalue weighted by atomic mass is 10.00. The van der Waals surface area contributed by atoms with E-state index >= 15 is 0 Å². The number of aryl methyl sites for hydroxylation is 1. The SMILES string of the molecule is O=C1COc2ccc(CNC(=O)c3nc4sc5c(c4c(=O)[nH]3)C(C(=O)NCc3ccc(F)cc3)CC5)cc2N1. The molecule has 0 bridgehead atoms. The van der Waals surface area contributed by atoms with Gasteiger partial charge in [-0.1, -0.05) is 18.2 Å². The first kappa shape index (κ1) is 24.7. The number of fused-ring (bicyclic) bond motifs is 4. The minimum Gasteiger partial charge on any atom is -0.482 e. The lowest BCUT2D eigenvalue weighted by Gasteiger charge is -2.18. The third-order valence-corrected chi connectivity index (χ3v) is 7.89. The van der Waals surface area contributed by atoms with Gasteiger partial charge in [0.15, 0.2) is 6.61 Å². The Morgan fingerprint density at radius 1 is 1.08 bits per heavy atom. The Hall–Kier alpha value is -4.58. The maximum absolute atomic E-state index is 13.1. The molecule has 3 amide bonds. The van der Waals surface area contributed by atoms with Gasteiger partial charge in [0.1, 0.15) is 16.4 Å². The molecule has 10 nitrogen and oxygen atoms in total. The van der Waals surface area contributed by atoms with Crippen molar-refractivity contribution in [2.45, 2.75) is 31.8 Å². The van der Waals surface area contributed by atoms with Crippen molar-refractivity contribution in [3.05, 3.63) is 86.0 Å². The van der Waals surface area contributed by atoms with Gasteiger partial charge >= 0.3 is 0 Å². The van der Waals surface area contributed by atoms with Crippen molar-refractivity contribution in [3.63, 3.8) is 0 Å². The van der Waals surface area contributed by atoms with Gasteiger partial charge in [0.2, 0.25) is 11.7 Å². The summed E-state index contributed by atoms with van der Waals surface area (Å²) in [5.41, 5.74) is 2.19. The number of hydrogen-bond acceptors (Lipinski definition) is 7. The fourth-order valence-corrected chi connectivity index (χ4v) is 6.09. The second kappa shape index (κ2) is 9.95. The Morgan fingerprint density at radius 3 is 2.67 bits per heavy atom. The van der Waals surface area contributed by atoms with Gasteiger partial charge in [0, 0.05) is 18.0 Å². The second-order valence-corrected chi connectivity index (χ2v) is 10.4. The first-order chi connectivity index (χ1) is 18.9. The molecule has 4 aromatic rings. The molecule has 2 aliphatic rings. The molecule has 39 heavy (non-hydrogen) atoms. The molecule has 2 aromatic carbocycles. The van der Waals surface area contributed by atoms with Crippen LogP contribution >= 0.6 is 11.3 Å². The van der Waals surface area contributed by atoms with Gasteiger partial charge in [0.25, 0.3) is 17.4 Å². The normalized spacial score (nSPS) is 15.7. The molecular weight excluding hydrogens is 525 g/mol. The Bertz CT molecular complexity index is 1700. The third kappa shape index (κ3) is 4.86. The van der Waals surface area contributed by atoms with E-state index in [4.69, 9.17) is 4.74 Å². The molecule has 6 rings (SSSR count). The van der Waals surface area contributed by atoms with E-state index in [9.17, 15) is 23.6 Å². The molecule has 0 fully saturated rings. The number of halogens is 1. The van der Waals surface area contributed by atoms with Crippen molar-refractivity contribution in [1.29, 1.82) is 0 Å². The molecule has 1 aliphatic carbocycles. The zero-order valence-electron chi connectivity index (χ0n) is 20.4. The van der Waals surface area contributed by atoms with Crippen LogP contribution in [0, 0.1) is 5.82 Å². The van der Waals surface area contributed by atoms with Crippen LogP contribution in [0.3, 0.4) is 0 Å². The summed E-state index contributed by atoms with van der Waals surface area (Å²) in [4.78, 5) is 58.7. The summed E-state index contributed by atoms with van der Waals surface area (Å²) in [5, 5.41) is 8.65. The van der Waals surface area contributed by atoms with Gasteiger partial charge in [-0.15, -0.1) is 11.3 Å². The average molecular weight is 548 g/mol. The zero-order chi connectivity index (χ0) is 27.1. The number of aromatic nitrogens is 2. The fourth-order valence-electron chi connectivity index (χ4n) is 4.84. The summed E-state index contributed by atoms with van der Waals surface area (Å²) in [6, 6.07) is 11.1. The Morgan fingerprint density at radius 2 is 1.85 bits per heavy atom. The number of carbonyl (C=O) groups is 3. The molecule has 0 saturated heterocycles. The molecular formula is C27H22FN5O5S. The monoisotopic (exact) mass is 547 g/mol. The summed E-state index contributed by atoms with van der Waals surface area (Å²) in [6.07, 6.45) is 1.20. The van der Waals surface area contributed by atoms with Crippen molar-refractivity contribution in [1.82, 2.24) is 20.6 Å². The van der Waals surface area contributed by atoms with E-state index in [-0.39, 0.29) is 43.2 Å². The number of nitrogens with zero attached hydrogens (tertiary/aromatic N) is 1. The topological polar surface area (TPSA) is 142 Å². The summed E-state index contributed by atoms with van der Waals surface area (Å²) < 4.78 is 18.5. The highest BCUT2D eigenvalue weighted by Crippen LogP contribution is 2.42. The van der Waals surface area contributed by atoms with Crippen LogP contribution in [0.2, 0.25) is 0 Å². The molecule has 1 unspecified atom stereocenters. The van der Waals surface area contributed by atoms with Crippen LogP contribution in [0.4, 0.5) is 10.1 Å². The molecule has 0 saturated carbocycles. The predicted molar refractivity (Wildman–Crippen MR) is 141 cm³/mol. The van der Waals surface area contributed by atoms with Crippen LogP contribution in [0.25, 0.3) is 10.2 Å². The first-order valence-electron chi connectivity index (χ1n) is 12.3. The molecule has 0 radical (unpaired) electrons. The van der Waals surface area contributed by atoms with Gasteiger partial charge in [-0.3, -0.25) is 19.2 Å². The van der Waals surface area contributed by atoms with Gasteiger partial charge in [-0.05, 0) is 53.8 Å². The average Bonchev–Trinajstić information content (AvgIpc) is 3.50. The van der Waals surface area contributed by atoms with Gasteiger partial charge in [-0.25, -0.2) is 9.37 Å². The van der Waals surface area contributed by atoms with E-state index < -0.39 is 17.4 Å². The molecule has 12 heteroatoms. The third-order valence-electron chi connectivity index (χ3n) is 6.73. The summed E-state index contributed by atoms with van der Waals surface area (Å²) in [6.45, 7) is 0.342. The minimum absolute atomic E-state index is 0.0435. The van der Waals surface area contributed by atoms with E-state index in [0.717, 1.165) is 16.0 Å². The summed E-state index contributed by atoms with van der Waals surface area (Å²) >= 11 is 1.31. The quantitative estimate of drug-likeness (QED) is 0.292. The van der Waals surface area contributed by atoms with E-state index in [1.165, 1.54) is 23.5 Å². The maximum atomic E-state index is 13.1. The van der Waals surface area contributed by atoms with Gasteiger partial charge in [0.05, 0.1) is 17.0 Å². The fraction of sp³-hybridized carbons (Fsp3) is 0.222. The number of anilines is 1. The highest BCUT2D eigenvalue weighted by atomic mass is 32.1. The van der Waals surface area contributed by atoms with Gasteiger partial charge < -0.3 is 25.7 Å². The number of hydrogen-bond donors (Lipinski definition) is 4. The minimum atomic E-state index is -0.561. The highest BCUT2D eigenvalue weighted by Gasteiger charge is 2.34. The number of carbonyl (C=O) groups excluding carboxylic acids is 3. The van der Waals surface area contributed by atoms with E-state index in [2.05, 4.69) is 25.9 Å². The molecule has 1 atom stereocenters. The van der Waals surface area contributed by atoms with E-state index in [0.29, 0.717) is 40.1 Å². The number of nitrogens with one attached hydrogen (secondary N) is 4. The zero-order valence-corrected chi connectivity index (χ0v) is 21.2.